The minimum Gasteiger partial charge on any atom is -0.384 e. The first-order valence-corrected chi connectivity index (χ1v) is 9.07. The van der Waals surface area contributed by atoms with Crippen LogP contribution in [0.5, 0.6) is 0 Å². The highest BCUT2D eigenvalue weighted by Crippen LogP contribution is 2.49. The molecule has 1 fully saturated rings. The van der Waals surface area contributed by atoms with Crippen LogP contribution in [-0.2, 0) is 15.4 Å². The molecule has 0 bridgehead atoms. The van der Waals surface area contributed by atoms with Crippen LogP contribution in [0.2, 0.25) is 0 Å². The van der Waals surface area contributed by atoms with Crippen molar-refractivity contribution in [3.63, 3.8) is 0 Å². The summed E-state index contributed by atoms with van der Waals surface area (Å²) in [6.45, 7) is 0.333. The largest absolute Gasteiger partial charge is 0.384 e. The lowest BCUT2D eigenvalue weighted by molar-refractivity contribution is -0.385. The molecule has 0 saturated heterocycles. The average Bonchev–Trinajstić information content (AvgIpc) is 3.33. The molecular weight excluding hydrogens is 349 g/mol. The lowest BCUT2D eigenvalue weighted by atomic mass is 9.95. The van der Waals surface area contributed by atoms with Crippen LogP contribution < -0.4 is 10.5 Å². The molecule has 25 heavy (non-hydrogen) atoms. The van der Waals surface area contributed by atoms with Crippen LogP contribution in [0.15, 0.2) is 47.4 Å². The lowest BCUT2D eigenvalue weighted by Crippen LogP contribution is -2.21. The van der Waals surface area contributed by atoms with Gasteiger partial charge in [-0.1, -0.05) is 18.2 Å². The zero-order valence-electron chi connectivity index (χ0n) is 13.1. The van der Waals surface area contributed by atoms with E-state index in [1.807, 2.05) is 0 Å². The summed E-state index contributed by atoms with van der Waals surface area (Å²) in [5, 5.41) is 19.1. The molecule has 0 heterocycles. The Balaban J connectivity index is 1.87. The van der Waals surface area contributed by atoms with E-state index < -0.39 is 20.4 Å². The smallest absolute Gasteiger partial charge is 0.272 e. The molecule has 0 atom stereocenters. The second-order valence-electron chi connectivity index (χ2n) is 6.13. The van der Waals surface area contributed by atoms with Gasteiger partial charge in [0.25, 0.3) is 5.69 Å². The van der Waals surface area contributed by atoms with Crippen LogP contribution in [0.25, 0.3) is 0 Å². The number of rotatable bonds is 6. The number of hydrogen-bond donors (Lipinski definition) is 2. The van der Waals surface area contributed by atoms with Gasteiger partial charge in [0, 0.05) is 29.8 Å². The number of halogens is 1. The quantitative estimate of drug-likeness (QED) is 0.603. The number of nitrogens with zero attached hydrogens (tertiary/aromatic N) is 1. The fourth-order valence-corrected chi connectivity index (χ4v) is 3.39. The number of primary sulfonamides is 1. The molecule has 1 aliphatic carbocycles. The molecule has 3 N–H and O–H groups in total. The number of nitro groups is 1. The van der Waals surface area contributed by atoms with E-state index in [0.717, 1.165) is 18.9 Å². The molecule has 1 aliphatic rings. The molecule has 9 heteroatoms. The molecule has 2 aromatic carbocycles. The molecule has 0 amide bonds. The van der Waals surface area contributed by atoms with Gasteiger partial charge in [-0.05, 0) is 30.5 Å². The number of hydrogen-bond acceptors (Lipinski definition) is 5. The number of nitro benzene ring substituents is 1. The van der Waals surface area contributed by atoms with Crippen LogP contribution in [0.4, 0.5) is 15.8 Å². The summed E-state index contributed by atoms with van der Waals surface area (Å²) in [5.41, 5.74) is 0.0581. The highest BCUT2D eigenvalue weighted by Gasteiger charge is 2.45. The second-order valence-corrected chi connectivity index (χ2v) is 7.69. The molecular formula is C16H16FN3O4S. The average molecular weight is 365 g/mol. The van der Waals surface area contributed by atoms with Crippen molar-refractivity contribution in [2.24, 2.45) is 5.14 Å². The van der Waals surface area contributed by atoms with Crippen LogP contribution in [-0.4, -0.2) is 19.9 Å². The van der Waals surface area contributed by atoms with Gasteiger partial charge in [0.15, 0.2) is 0 Å². The molecule has 3 rings (SSSR count). The van der Waals surface area contributed by atoms with Crippen LogP contribution >= 0.6 is 0 Å². The van der Waals surface area contributed by atoms with E-state index in [0.29, 0.717) is 12.1 Å². The monoisotopic (exact) mass is 365 g/mol. The van der Waals surface area contributed by atoms with Crippen LogP contribution in [0.1, 0.15) is 18.4 Å². The lowest BCUT2D eigenvalue weighted by Gasteiger charge is -2.18. The van der Waals surface area contributed by atoms with Crippen molar-refractivity contribution in [1.82, 2.24) is 0 Å². The van der Waals surface area contributed by atoms with Crippen molar-refractivity contribution >= 4 is 21.4 Å². The first-order valence-electron chi connectivity index (χ1n) is 7.52. The van der Waals surface area contributed by atoms with Gasteiger partial charge in [-0.15, -0.1) is 0 Å². The van der Waals surface area contributed by atoms with Gasteiger partial charge >= 0.3 is 0 Å². The van der Waals surface area contributed by atoms with Crippen LogP contribution in [0, 0.1) is 15.9 Å². The molecule has 2 aromatic rings. The molecule has 0 unspecified atom stereocenters. The summed E-state index contributed by atoms with van der Waals surface area (Å²) in [6, 6.07) is 9.84. The Hall–Kier alpha value is -2.52. The van der Waals surface area contributed by atoms with Crippen molar-refractivity contribution in [1.29, 1.82) is 0 Å². The minimum absolute atomic E-state index is 0.251. The summed E-state index contributed by atoms with van der Waals surface area (Å²) in [4.78, 5) is 9.97. The number of nitrogens with two attached hydrogens (primary N) is 1. The van der Waals surface area contributed by atoms with Gasteiger partial charge in [0.2, 0.25) is 10.0 Å². The third-order valence-electron chi connectivity index (χ3n) is 4.36. The first-order chi connectivity index (χ1) is 11.7. The van der Waals surface area contributed by atoms with E-state index in [1.165, 1.54) is 18.2 Å². The predicted molar refractivity (Wildman–Crippen MR) is 90.3 cm³/mol. The Morgan fingerprint density at radius 2 is 1.92 bits per heavy atom. The second kappa shape index (κ2) is 6.08. The van der Waals surface area contributed by atoms with E-state index in [2.05, 4.69) is 5.32 Å². The molecule has 0 aromatic heterocycles. The number of anilines is 1. The minimum atomic E-state index is -4.08. The normalized spacial score (nSPS) is 15.6. The summed E-state index contributed by atoms with van der Waals surface area (Å²) in [7, 11) is -4.08. The Morgan fingerprint density at radius 3 is 2.48 bits per heavy atom. The van der Waals surface area contributed by atoms with Gasteiger partial charge in [-0.25, -0.2) is 17.9 Å². The maximum atomic E-state index is 14.0. The van der Waals surface area contributed by atoms with E-state index in [9.17, 15) is 22.9 Å². The molecule has 0 spiro atoms. The van der Waals surface area contributed by atoms with E-state index in [4.69, 9.17) is 5.14 Å². The summed E-state index contributed by atoms with van der Waals surface area (Å²) < 4.78 is 37.1. The van der Waals surface area contributed by atoms with E-state index in [1.54, 1.807) is 18.2 Å². The first kappa shape index (κ1) is 17.3. The Labute approximate surface area is 143 Å². The van der Waals surface area contributed by atoms with Crippen molar-refractivity contribution in [2.75, 3.05) is 11.9 Å². The SMILES string of the molecule is NS(=O)(=O)c1cc(NCC2(c3ccccc3F)CC2)cc([N+](=O)[O-])c1. The Morgan fingerprint density at radius 1 is 1.24 bits per heavy atom. The van der Waals surface area contributed by atoms with Gasteiger partial charge < -0.3 is 5.32 Å². The van der Waals surface area contributed by atoms with Gasteiger partial charge in [0.05, 0.1) is 9.82 Å². The maximum Gasteiger partial charge on any atom is 0.272 e. The highest BCUT2D eigenvalue weighted by atomic mass is 32.2. The van der Waals surface area contributed by atoms with Gasteiger partial charge in [0.1, 0.15) is 5.82 Å². The Kier molecular flexibility index (Phi) is 4.21. The summed E-state index contributed by atoms with van der Waals surface area (Å²) in [6.07, 6.45) is 1.55. The fourth-order valence-electron chi connectivity index (χ4n) is 2.81. The van der Waals surface area contributed by atoms with Crippen molar-refractivity contribution in [3.05, 3.63) is 64.0 Å². The topological polar surface area (TPSA) is 115 Å². The Bertz CT molecular complexity index is 942. The van der Waals surface area contributed by atoms with Crippen molar-refractivity contribution < 1.29 is 17.7 Å². The number of non-ortho nitro benzene ring substituents is 1. The molecule has 7 nitrogen and oxygen atoms in total. The highest BCUT2D eigenvalue weighted by molar-refractivity contribution is 7.89. The van der Waals surface area contributed by atoms with Gasteiger partial charge in [-0.2, -0.15) is 0 Å². The van der Waals surface area contributed by atoms with Crippen molar-refractivity contribution in [3.8, 4) is 0 Å². The van der Waals surface area contributed by atoms with E-state index >= 15 is 0 Å². The predicted octanol–water partition coefficient (Wildman–Crippen LogP) is 2.53. The zero-order valence-corrected chi connectivity index (χ0v) is 13.9. The fraction of sp³-hybridized carbons (Fsp3) is 0.250. The van der Waals surface area contributed by atoms with Gasteiger partial charge in [-0.3, -0.25) is 10.1 Å². The third kappa shape index (κ3) is 3.62. The maximum absolute atomic E-state index is 14.0. The standard InChI is InChI=1S/C16H16FN3O4S/c17-15-4-2-1-3-14(15)16(5-6-16)10-19-11-7-12(20(21)22)9-13(8-11)25(18,23)24/h1-4,7-9,19H,5-6,10H2,(H2,18,23,24). The third-order valence-corrected chi connectivity index (χ3v) is 5.25. The number of sulfonamides is 1. The summed E-state index contributed by atoms with van der Waals surface area (Å²) >= 11 is 0. The molecule has 132 valence electrons. The number of nitrogens with one attached hydrogen (secondary N) is 1. The van der Waals surface area contributed by atoms with Crippen LogP contribution in [0.3, 0.4) is 0 Å². The van der Waals surface area contributed by atoms with E-state index in [-0.39, 0.29) is 22.1 Å². The number of benzene rings is 2. The molecule has 0 radical (unpaired) electrons. The molecule has 1 saturated carbocycles. The van der Waals surface area contributed by atoms with Crippen molar-refractivity contribution in [2.45, 2.75) is 23.2 Å². The summed E-state index contributed by atoms with van der Waals surface area (Å²) in [5.74, 6) is -0.300. The zero-order chi connectivity index (χ0) is 18.2. The molecule has 0 aliphatic heterocycles.